The van der Waals surface area contributed by atoms with E-state index in [-0.39, 0.29) is 6.03 Å². The van der Waals surface area contributed by atoms with Gasteiger partial charge in [0.05, 0.1) is 22.5 Å². The molecule has 3 heterocycles. The standard InChI is InChI=1S/C26H28ClN7O/c1-16-5-8-21(15-17(16)2)28-26(35)33-13-11-32(12-14-33)25-24-23(18(3)29-30-25)19(4)34(31-24)22-9-6-20(27)7-10-22/h5-10,15H,11-14H2,1-4H3,(H,28,35). The zero-order chi connectivity index (χ0) is 24.7. The van der Waals surface area contributed by atoms with Crippen LogP contribution in [0.3, 0.4) is 0 Å². The minimum Gasteiger partial charge on any atom is -0.350 e. The second-order valence-corrected chi connectivity index (χ2v) is 9.45. The first-order chi connectivity index (χ1) is 16.8. The van der Waals surface area contributed by atoms with Crippen LogP contribution in [-0.2, 0) is 0 Å². The Morgan fingerprint density at radius 3 is 2.31 bits per heavy atom. The number of hydrogen-bond donors (Lipinski definition) is 1. The number of anilines is 2. The van der Waals surface area contributed by atoms with Gasteiger partial charge in [-0.2, -0.15) is 10.2 Å². The van der Waals surface area contributed by atoms with Crippen LogP contribution in [0.25, 0.3) is 16.6 Å². The molecule has 0 spiro atoms. The molecule has 2 aromatic carbocycles. The van der Waals surface area contributed by atoms with E-state index in [1.165, 1.54) is 5.56 Å². The molecule has 0 radical (unpaired) electrons. The molecule has 1 aliphatic rings. The summed E-state index contributed by atoms with van der Waals surface area (Å²) < 4.78 is 1.91. The number of rotatable bonds is 3. The molecule has 9 heteroatoms. The number of piperazine rings is 1. The third-order valence-electron chi connectivity index (χ3n) is 6.68. The Kier molecular flexibility index (Phi) is 6.06. The van der Waals surface area contributed by atoms with Crippen LogP contribution in [0.15, 0.2) is 42.5 Å². The molecule has 1 fully saturated rings. The van der Waals surface area contributed by atoms with Gasteiger partial charge in [0.15, 0.2) is 5.82 Å². The lowest BCUT2D eigenvalue weighted by atomic mass is 10.1. The van der Waals surface area contributed by atoms with Crippen molar-refractivity contribution in [2.45, 2.75) is 27.7 Å². The van der Waals surface area contributed by atoms with Crippen molar-refractivity contribution in [2.24, 2.45) is 0 Å². The average Bonchev–Trinajstić information content (AvgIpc) is 3.20. The van der Waals surface area contributed by atoms with Crippen molar-refractivity contribution in [3.63, 3.8) is 0 Å². The van der Waals surface area contributed by atoms with Gasteiger partial charge in [-0.05, 0) is 75.2 Å². The lowest BCUT2D eigenvalue weighted by Crippen LogP contribution is -2.50. The summed E-state index contributed by atoms with van der Waals surface area (Å²) in [5.41, 5.74) is 6.77. The van der Waals surface area contributed by atoms with Crippen molar-refractivity contribution in [3.05, 3.63) is 70.0 Å². The molecule has 2 aromatic heterocycles. The molecule has 0 saturated carbocycles. The fourth-order valence-corrected chi connectivity index (χ4v) is 4.63. The monoisotopic (exact) mass is 489 g/mol. The third kappa shape index (κ3) is 4.41. The summed E-state index contributed by atoms with van der Waals surface area (Å²) in [6.45, 7) is 10.6. The number of nitrogens with one attached hydrogen (secondary N) is 1. The van der Waals surface area contributed by atoms with Gasteiger partial charge in [0, 0.05) is 36.9 Å². The van der Waals surface area contributed by atoms with Gasteiger partial charge in [-0.25, -0.2) is 9.48 Å². The van der Waals surface area contributed by atoms with Crippen molar-refractivity contribution in [3.8, 4) is 5.69 Å². The molecule has 2 amide bonds. The predicted octanol–water partition coefficient (Wildman–Crippen LogP) is 5.06. The molecule has 1 saturated heterocycles. The number of halogens is 1. The first-order valence-electron chi connectivity index (χ1n) is 11.7. The molecule has 35 heavy (non-hydrogen) atoms. The lowest BCUT2D eigenvalue weighted by Gasteiger charge is -2.35. The van der Waals surface area contributed by atoms with Crippen molar-refractivity contribution >= 4 is 40.0 Å². The van der Waals surface area contributed by atoms with Gasteiger partial charge >= 0.3 is 6.03 Å². The number of hydrogen-bond acceptors (Lipinski definition) is 5. The number of urea groups is 1. The molecule has 0 unspecified atom stereocenters. The Balaban J connectivity index is 1.35. The summed E-state index contributed by atoms with van der Waals surface area (Å²) in [4.78, 5) is 16.8. The number of carbonyl (C=O) groups excluding carboxylic acids is 1. The van der Waals surface area contributed by atoms with Crippen LogP contribution in [0.5, 0.6) is 0 Å². The van der Waals surface area contributed by atoms with E-state index in [9.17, 15) is 4.79 Å². The molecule has 8 nitrogen and oxygen atoms in total. The lowest BCUT2D eigenvalue weighted by molar-refractivity contribution is 0.208. The predicted molar refractivity (Wildman–Crippen MR) is 140 cm³/mol. The van der Waals surface area contributed by atoms with E-state index in [4.69, 9.17) is 16.7 Å². The van der Waals surface area contributed by atoms with Gasteiger partial charge < -0.3 is 15.1 Å². The van der Waals surface area contributed by atoms with Crippen LogP contribution in [0.1, 0.15) is 22.5 Å². The van der Waals surface area contributed by atoms with Gasteiger partial charge in [0.25, 0.3) is 0 Å². The zero-order valence-corrected chi connectivity index (χ0v) is 21.1. The Morgan fingerprint density at radius 1 is 0.914 bits per heavy atom. The molecule has 180 valence electrons. The van der Waals surface area contributed by atoms with Gasteiger partial charge in [-0.1, -0.05) is 17.7 Å². The summed E-state index contributed by atoms with van der Waals surface area (Å²) in [7, 11) is 0. The number of fused-ring (bicyclic) bond motifs is 1. The van der Waals surface area contributed by atoms with Gasteiger partial charge in [-0.15, -0.1) is 5.10 Å². The van der Waals surface area contributed by atoms with Crippen molar-refractivity contribution in [1.82, 2.24) is 24.9 Å². The second kappa shape index (κ2) is 9.19. The number of benzene rings is 2. The van der Waals surface area contributed by atoms with E-state index in [0.29, 0.717) is 31.2 Å². The largest absolute Gasteiger partial charge is 0.350 e. The Bertz CT molecular complexity index is 1410. The summed E-state index contributed by atoms with van der Waals surface area (Å²) in [5.74, 6) is 0.746. The highest BCUT2D eigenvalue weighted by Gasteiger charge is 2.26. The van der Waals surface area contributed by atoms with E-state index in [0.717, 1.165) is 45.0 Å². The zero-order valence-electron chi connectivity index (χ0n) is 20.3. The molecule has 1 aliphatic heterocycles. The highest BCUT2D eigenvalue weighted by Crippen LogP contribution is 2.30. The van der Waals surface area contributed by atoms with Crippen LogP contribution >= 0.6 is 11.6 Å². The smallest absolute Gasteiger partial charge is 0.321 e. The molecule has 1 N–H and O–H groups in total. The van der Waals surface area contributed by atoms with Crippen LogP contribution in [0.2, 0.25) is 5.02 Å². The molecule has 0 atom stereocenters. The number of aromatic nitrogens is 4. The SMILES string of the molecule is Cc1ccc(NC(=O)N2CCN(c3nnc(C)c4c(C)n(-c5ccc(Cl)cc5)nc34)CC2)cc1C. The van der Waals surface area contributed by atoms with Crippen LogP contribution in [-0.4, -0.2) is 57.1 Å². The number of amides is 2. The van der Waals surface area contributed by atoms with Gasteiger partial charge in [-0.3, -0.25) is 0 Å². The molecule has 4 aromatic rings. The Labute approximate surface area is 209 Å². The van der Waals surface area contributed by atoms with E-state index in [1.807, 2.05) is 72.8 Å². The molecule has 0 aliphatic carbocycles. The van der Waals surface area contributed by atoms with E-state index < -0.39 is 0 Å². The van der Waals surface area contributed by atoms with Gasteiger partial charge in [0.1, 0.15) is 5.52 Å². The fraction of sp³-hybridized carbons (Fsp3) is 0.308. The highest BCUT2D eigenvalue weighted by molar-refractivity contribution is 6.30. The van der Waals surface area contributed by atoms with E-state index >= 15 is 0 Å². The van der Waals surface area contributed by atoms with E-state index in [1.54, 1.807) is 0 Å². The highest BCUT2D eigenvalue weighted by atomic mass is 35.5. The summed E-state index contributed by atoms with van der Waals surface area (Å²) in [6, 6.07) is 13.5. The first-order valence-corrected chi connectivity index (χ1v) is 12.1. The topological polar surface area (TPSA) is 79.2 Å². The first kappa shape index (κ1) is 23.1. The quantitative estimate of drug-likeness (QED) is 0.435. The molecular weight excluding hydrogens is 462 g/mol. The normalized spacial score (nSPS) is 14.0. The Hall–Kier alpha value is -3.65. The van der Waals surface area contributed by atoms with Crippen LogP contribution < -0.4 is 10.2 Å². The van der Waals surface area contributed by atoms with Crippen molar-refractivity contribution in [1.29, 1.82) is 0 Å². The number of nitrogens with zero attached hydrogens (tertiary/aromatic N) is 6. The van der Waals surface area contributed by atoms with Crippen molar-refractivity contribution < 1.29 is 4.79 Å². The minimum atomic E-state index is -0.0871. The molecule has 0 bridgehead atoms. The summed E-state index contributed by atoms with van der Waals surface area (Å²) in [6.07, 6.45) is 0. The maximum absolute atomic E-state index is 12.8. The Morgan fingerprint density at radius 2 is 1.63 bits per heavy atom. The summed E-state index contributed by atoms with van der Waals surface area (Å²) in [5, 5.41) is 18.6. The average molecular weight is 490 g/mol. The second-order valence-electron chi connectivity index (χ2n) is 9.01. The summed E-state index contributed by atoms with van der Waals surface area (Å²) >= 11 is 6.07. The van der Waals surface area contributed by atoms with Crippen LogP contribution in [0, 0.1) is 27.7 Å². The van der Waals surface area contributed by atoms with Crippen molar-refractivity contribution in [2.75, 3.05) is 36.4 Å². The maximum atomic E-state index is 12.8. The fourth-order valence-electron chi connectivity index (χ4n) is 4.50. The number of aryl methyl sites for hydroxylation is 4. The van der Waals surface area contributed by atoms with Gasteiger partial charge in [0.2, 0.25) is 0 Å². The van der Waals surface area contributed by atoms with Crippen LogP contribution in [0.4, 0.5) is 16.3 Å². The molecular formula is C26H28ClN7O. The maximum Gasteiger partial charge on any atom is 0.321 e. The molecule has 5 rings (SSSR count). The minimum absolute atomic E-state index is 0.0871. The van der Waals surface area contributed by atoms with E-state index in [2.05, 4.69) is 27.3 Å². The number of carbonyl (C=O) groups is 1. The third-order valence-corrected chi connectivity index (χ3v) is 6.93.